The van der Waals surface area contributed by atoms with Gasteiger partial charge in [-0.1, -0.05) is 11.3 Å². The van der Waals surface area contributed by atoms with E-state index in [1.54, 1.807) is 6.07 Å². The molecule has 1 aromatic heterocycles. The fourth-order valence-electron chi connectivity index (χ4n) is 1.33. The van der Waals surface area contributed by atoms with Crippen LogP contribution in [0.15, 0.2) is 6.07 Å². The second-order valence-corrected chi connectivity index (χ2v) is 3.83. The Hall–Kier alpha value is -0.650. The van der Waals surface area contributed by atoms with Crippen molar-refractivity contribution in [1.29, 1.82) is 0 Å². The van der Waals surface area contributed by atoms with E-state index in [0.717, 1.165) is 25.1 Å². The van der Waals surface area contributed by atoms with Crippen LogP contribution in [0.1, 0.15) is 10.4 Å². The van der Waals surface area contributed by atoms with Crippen LogP contribution in [0.2, 0.25) is 0 Å². The van der Waals surface area contributed by atoms with Gasteiger partial charge in [0.1, 0.15) is 0 Å². The van der Waals surface area contributed by atoms with Gasteiger partial charge in [-0.3, -0.25) is 10.1 Å². The number of nitrogens with zero attached hydrogens (tertiary/aromatic N) is 1. The highest BCUT2D eigenvalue weighted by atomic mass is 35.5. The Morgan fingerprint density at radius 2 is 2.38 bits per heavy atom. The summed E-state index contributed by atoms with van der Waals surface area (Å²) in [6.45, 7) is 1.71. The molecule has 0 aromatic carbocycles. The Balaban J connectivity index is 0.000000845. The Morgan fingerprint density at radius 3 is 3.00 bits per heavy atom. The van der Waals surface area contributed by atoms with Crippen LogP contribution in [0.5, 0.6) is 0 Å². The summed E-state index contributed by atoms with van der Waals surface area (Å²) in [5.74, 6) is 0. The van der Waals surface area contributed by atoms with Gasteiger partial charge in [0, 0.05) is 24.0 Å². The van der Waals surface area contributed by atoms with Gasteiger partial charge in [0.25, 0.3) is 0 Å². The number of hydrogen-bond acceptors (Lipinski definition) is 4. The van der Waals surface area contributed by atoms with E-state index < -0.39 is 0 Å². The van der Waals surface area contributed by atoms with Crippen LogP contribution in [-0.4, -0.2) is 11.5 Å². The monoisotopic (exact) mass is 220 g/mol. The van der Waals surface area contributed by atoms with Crippen molar-refractivity contribution in [3.8, 4) is 0 Å². The van der Waals surface area contributed by atoms with E-state index in [4.69, 9.17) is 0 Å². The first kappa shape index (κ1) is 10.4. The minimum atomic E-state index is -0.316. The molecule has 1 aliphatic heterocycles. The van der Waals surface area contributed by atoms with Gasteiger partial charge in [0.15, 0.2) is 0 Å². The predicted molar refractivity (Wildman–Crippen MR) is 53.6 cm³/mol. The van der Waals surface area contributed by atoms with Crippen molar-refractivity contribution in [3.63, 3.8) is 0 Å². The van der Waals surface area contributed by atoms with Crippen LogP contribution in [0.3, 0.4) is 0 Å². The predicted octanol–water partition coefficient (Wildman–Crippen LogP) is 1.72. The zero-order chi connectivity index (χ0) is 8.55. The largest absolute Gasteiger partial charge is 0.324 e. The normalized spacial score (nSPS) is 14.5. The molecule has 0 fully saturated rings. The Bertz CT molecular complexity index is 303. The zero-order valence-corrected chi connectivity index (χ0v) is 8.41. The highest BCUT2D eigenvalue weighted by Crippen LogP contribution is 2.30. The third kappa shape index (κ3) is 1.99. The van der Waals surface area contributed by atoms with E-state index >= 15 is 0 Å². The molecule has 0 spiro atoms. The molecule has 1 N–H and O–H groups in total. The molecule has 4 nitrogen and oxygen atoms in total. The topological polar surface area (TPSA) is 55.2 Å². The van der Waals surface area contributed by atoms with Crippen molar-refractivity contribution in [2.75, 3.05) is 6.54 Å². The summed E-state index contributed by atoms with van der Waals surface area (Å²) >= 11 is 1.30. The van der Waals surface area contributed by atoms with Crippen LogP contribution < -0.4 is 5.32 Å². The molecule has 0 radical (unpaired) electrons. The molecule has 0 amide bonds. The van der Waals surface area contributed by atoms with E-state index in [2.05, 4.69) is 5.32 Å². The summed E-state index contributed by atoms with van der Waals surface area (Å²) in [4.78, 5) is 11.3. The van der Waals surface area contributed by atoms with Gasteiger partial charge in [-0.05, 0) is 12.0 Å². The Morgan fingerprint density at radius 1 is 1.62 bits per heavy atom. The first-order valence-corrected chi connectivity index (χ1v) is 4.56. The third-order valence-electron chi connectivity index (χ3n) is 1.91. The molecule has 2 rings (SSSR count). The molecule has 0 saturated heterocycles. The quantitative estimate of drug-likeness (QED) is 0.579. The van der Waals surface area contributed by atoms with Gasteiger partial charge in [-0.25, -0.2) is 0 Å². The number of nitrogens with one attached hydrogen (secondary N) is 1. The lowest BCUT2D eigenvalue weighted by Crippen LogP contribution is -2.21. The van der Waals surface area contributed by atoms with Crippen LogP contribution in [-0.2, 0) is 13.0 Å². The summed E-state index contributed by atoms with van der Waals surface area (Å²) in [6.07, 6.45) is 0.924. The van der Waals surface area contributed by atoms with Crippen LogP contribution >= 0.6 is 23.7 Å². The lowest BCUT2D eigenvalue weighted by molar-refractivity contribution is -0.380. The van der Waals surface area contributed by atoms with Crippen LogP contribution in [0.4, 0.5) is 5.00 Å². The molecular formula is C7H9ClN2O2S. The maximum Gasteiger partial charge on any atom is 0.324 e. The molecule has 6 heteroatoms. The minimum absolute atomic E-state index is 0. The van der Waals surface area contributed by atoms with Crippen molar-refractivity contribution in [3.05, 3.63) is 26.6 Å². The molecule has 1 aliphatic rings. The standard InChI is InChI=1S/C7H8N2O2S.ClH/c10-9(11)7-3-5-4-8-2-1-6(5)12-7;/h3,8H,1-2,4H2;1H. The van der Waals surface area contributed by atoms with Crippen LogP contribution in [0, 0.1) is 10.1 Å². The Kier molecular flexibility index (Phi) is 3.24. The van der Waals surface area contributed by atoms with Crippen molar-refractivity contribution >= 4 is 28.7 Å². The highest BCUT2D eigenvalue weighted by molar-refractivity contribution is 7.15. The van der Waals surface area contributed by atoms with E-state index in [-0.39, 0.29) is 22.3 Å². The van der Waals surface area contributed by atoms with E-state index in [0.29, 0.717) is 0 Å². The summed E-state index contributed by atoms with van der Waals surface area (Å²) < 4.78 is 0. The zero-order valence-electron chi connectivity index (χ0n) is 6.78. The van der Waals surface area contributed by atoms with Crippen molar-refractivity contribution in [2.45, 2.75) is 13.0 Å². The SMILES string of the molecule is Cl.O=[N+]([O-])c1cc2c(s1)CCNC2. The molecule has 1 aromatic rings. The van der Waals surface area contributed by atoms with Crippen molar-refractivity contribution in [2.24, 2.45) is 0 Å². The molecule has 0 aliphatic carbocycles. The molecule has 0 atom stereocenters. The van der Waals surface area contributed by atoms with E-state index in [1.807, 2.05) is 0 Å². The van der Waals surface area contributed by atoms with Gasteiger partial charge < -0.3 is 5.32 Å². The van der Waals surface area contributed by atoms with Gasteiger partial charge in [-0.2, -0.15) is 0 Å². The first-order chi connectivity index (χ1) is 5.77. The summed E-state index contributed by atoms with van der Waals surface area (Å²) in [5.41, 5.74) is 1.10. The highest BCUT2D eigenvalue weighted by Gasteiger charge is 2.18. The average molecular weight is 221 g/mol. The lowest BCUT2D eigenvalue weighted by atomic mass is 10.1. The first-order valence-electron chi connectivity index (χ1n) is 3.74. The smallest absolute Gasteiger partial charge is 0.312 e. The molecule has 13 heavy (non-hydrogen) atoms. The second-order valence-electron chi connectivity index (χ2n) is 2.72. The molecular weight excluding hydrogens is 212 g/mol. The molecule has 2 heterocycles. The van der Waals surface area contributed by atoms with E-state index in [9.17, 15) is 10.1 Å². The summed E-state index contributed by atoms with van der Waals surface area (Å²) in [6, 6.07) is 1.67. The average Bonchev–Trinajstić information content (AvgIpc) is 2.46. The number of rotatable bonds is 1. The van der Waals surface area contributed by atoms with Crippen molar-refractivity contribution < 1.29 is 4.92 Å². The Labute approximate surface area is 85.5 Å². The second kappa shape index (κ2) is 4.04. The number of nitro groups is 1. The molecule has 72 valence electrons. The summed E-state index contributed by atoms with van der Waals surface area (Å²) in [5, 5.41) is 13.9. The van der Waals surface area contributed by atoms with Gasteiger partial charge >= 0.3 is 5.00 Å². The number of hydrogen-bond donors (Lipinski definition) is 1. The molecule has 0 unspecified atom stereocenters. The maximum absolute atomic E-state index is 10.4. The summed E-state index contributed by atoms with van der Waals surface area (Å²) in [7, 11) is 0. The van der Waals surface area contributed by atoms with Gasteiger partial charge in [-0.15, -0.1) is 12.4 Å². The van der Waals surface area contributed by atoms with Crippen molar-refractivity contribution in [1.82, 2.24) is 5.32 Å². The minimum Gasteiger partial charge on any atom is -0.312 e. The molecule has 0 bridgehead atoms. The lowest BCUT2D eigenvalue weighted by Gasteiger charge is -2.10. The van der Waals surface area contributed by atoms with E-state index in [1.165, 1.54) is 16.2 Å². The number of halogens is 1. The third-order valence-corrected chi connectivity index (χ3v) is 3.10. The molecule has 0 saturated carbocycles. The number of fused-ring (bicyclic) bond motifs is 1. The van der Waals surface area contributed by atoms with Crippen LogP contribution in [0.25, 0.3) is 0 Å². The van der Waals surface area contributed by atoms with Gasteiger partial charge in [0.05, 0.1) is 4.92 Å². The maximum atomic E-state index is 10.4. The van der Waals surface area contributed by atoms with Gasteiger partial charge in [0.2, 0.25) is 0 Å². The fraction of sp³-hybridized carbons (Fsp3) is 0.429. The fourth-order valence-corrected chi connectivity index (χ4v) is 2.32. The number of thiophene rings is 1.